The summed E-state index contributed by atoms with van der Waals surface area (Å²) in [5.41, 5.74) is 1.03. The molecule has 0 radical (unpaired) electrons. The van der Waals surface area contributed by atoms with Gasteiger partial charge in [0.25, 0.3) is 0 Å². The third-order valence-electron chi connectivity index (χ3n) is 4.45. The number of aryl methyl sites for hydroxylation is 1. The van der Waals surface area contributed by atoms with Crippen molar-refractivity contribution in [3.05, 3.63) is 22.3 Å². The fourth-order valence-electron chi connectivity index (χ4n) is 3.13. The van der Waals surface area contributed by atoms with Crippen molar-refractivity contribution in [2.75, 3.05) is 25.2 Å². The van der Waals surface area contributed by atoms with Crippen LogP contribution in [0.2, 0.25) is 0 Å². The molecule has 0 amide bonds. The minimum absolute atomic E-state index is 0.277. The van der Waals surface area contributed by atoms with Crippen molar-refractivity contribution < 1.29 is 9.47 Å². The predicted octanol–water partition coefficient (Wildman–Crippen LogP) is 3.27. The third kappa shape index (κ3) is 2.71. The fourth-order valence-corrected chi connectivity index (χ4v) is 3.35. The maximum absolute atomic E-state index is 5.79. The van der Waals surface area contributed by atoms with Crippen molar-refractivity contribution in [3.63, 3.8) is 0 Å². The van der Waals surface area contributed by atoms with Crippen molar-refractivity contribution in [2.45, 2.75) is 44.4 Å². The SMILES string of the molecule is Cc1nc(N(C)C2CCC3(CC2)OCCO3)ccc1Br. The number of nitrogens with zero attached hydrogens (tertiary/aromatic N) is 2. The highest BCUT2D eigenvalue weighted by atomic mass is 79.9. The molecule has 0 bridgehead atoms. The number of rotatable bonds is 2. The van der Waals surface area contributed by atoms with Gasteiger partial charge in [0, 0.05) is 30.4 Å². The zero-order chi connectivity index (χ0) is 14.2. The van der Waals surface area contributed by atoms with Gasteiger partial charge < -0.3 is 14.4 Å². The van der Waals surface area contributed by atoms with Crippen LogP contribution >= 0.6 is 15.9 Å². The molecule has 0 unspecified atom stereocenters. The van der Waals surface area contributed by atoms with E-state index < -0.39 is 0 Å². The molecule has 3 rings (SSSR count). The summed E-state index contributed by atoms with van der Waals surface area (Å²) in [7, 11) is 2.13. The summed E-state index contributed by atoms with van der Waals surface area (Å²) in [6.45, 7) is 3.51. The summed E-state index contributed by atoms with van der Waals surface area (Å²) in [6.07, 6.45) is 4.15. The first kappa shape index (κ1) is 14.3. The van der Waals surface area contributed by atoms with Crippen molar-refractivity contribution in [1.29, 1.82) is 0 Å². The summed E-state index contributed by atoms with van der Waals surface area (Å²) in [5, 5.41) is 0. The number of halogens is 1. The number of anilines is 1. The van der Waals surface area contributed by atoms with E-state index in [2.05, 4.69) is 45.0 Å². The molecule has 0 N–H and O–H groups in total. The van der Waals surface area contributed by atoms with Crippen LogP contribution in [0.1, 0.15) is 31.4 Å². The van der Waals surface area contributed by atoms with Crippen molar-refractivity contribution >= 4 is 21.7 Å². The molecular weight excluding hydrogens is 320 g/mol. The largest absolute Gasteiger partial charge is 0.357 e. The van der Waals surface area contributed by atoms with E-state index in [9.17, 15) is 0 Å². The maximum atomic E-state index is 5.79. The Morgan fingerprint density at radius 3 is 2.50 bits per heavy atom. The summed E-state index contributed by atoms with van der Waals surface area (Å²) in [4.78, 5) is 6.95. The molecule has 1 saturated heterocycles. The van der Waals surface area contributed by atoms with Gasteiger partial charge in [0.2, 0.25) is 0 Å². The van der Waals surface area contributed by atoms with Crippen LogP contribution in [0, 0.1) is 6.92 Å². The first-order chi connectivity index (χ1) is 9.60. The second-order valence-corrected chi connectivity index (χ2v) is 6.54. The van der Waals surface area contributed by atoms with Crippen LogP contribution in [0.15, 0.2) is 16.6 Å². The highest BCUT2D eigenvalue weighted by Gasteiger charge is 2.41. The van der Waals surface area contributed by atoms with Crippen LogP contribution < -0.4 is 4.90 Å². The average Bonchev–Trinajstić information content (AvgIpc) is 2.90. The van der Waals surface area contributed by atoms with Crippen LogP contribution in [0.3, 0.4) is 0 Å². The molecule has 2 heterocycles. The number of pyridine rings is 1. The average molecular weight is 341 g/mol. The fraction of sp³-hybridized carbons (Fsp3) is 0.667. The van der Waals surface area contributed by atoms with E-state index in [0.717, 1.165) is 54.9 Å². The Morgan fingerprint density at radius 2 is 1.90 bits per heavy atom. The lowest BCUT2D eigenvalue weighted by molar-refractivity contribution is -0.178. The van der Waals surface area contributed by atoms with E-state index in [0.29, 0.717) is 6.04 Å². The molecule has 2 aliphatic rings. The Morgan fingerprint density at radius 1 is 1.25 bits per heavy atom. The molecule has 1 aromatic heterocycles. The summed E-state index contributed by atoms with van der Waals surface area (Å²) < 4.78 is 12.6. The number of aromatic nitrogens is 1. The van der Waals surface area contributed by atoms with Crippen molar-refractivity contribution in [2.24, 2.45) is 0 Å². The van der Waals surface area contributed by atoms with Gasteiger partial charge in [0.05, 0.1) is 18.9 Å². The molecule has 0 aromatic carbocycles. The summed E-state index contributed by atoms with van der Waals surface area (Å²) in [5.74, 6) is 0.764. The molecule has 0 atom stereocenters. The van der Waals surface area contributed by atoms with Gasteiger partial charge in [-0.25, -0.2) is 4.98 Å². The number of hydrogen-bond donors (Lipinski definition) is 0. The Labute approximate surface area is 128 Å². The molecule has 1 aliphatic carbocycles. The number of ether oxygens (including phenoxy) is 2. The van der Waals surface area contributed by atoms with E-state index in [1.54, 1.807) is 0 Å². The molecule has 1 aromatic rings. The topological polar surface area (TPSA) is 34.6 Å². The minimum atomic E-state index is -0.277. The lowest BCUT2D eigenvalue weighted by Crippen LogP contribution is -2.43. The van der Waals surface area contributed by atoms with E-state index >= 15 is 0 Å². The van der Waals surface area contributed by atoms with Gasteiger partial charge in [-0.1, -0.05) is 0 Å². The highest BCUT2D eigenvalue weighted by Crippen LogP contribution is 2.37. The van der Waals surface area contributed by atoms with Crippen LogP contribution in [-0.2, 0) is 9.47 Å². The lowest BCUT2D eigenvalue weighted by atomic mass is 9.89. The normalized spacial score (nSPS) is 22.4. The van der Waals surface area contributed by atoms with Gasteiger partial charge in [-0.15, -0.1) is 0 Å². The Bertz CT molecular complexity index is 479. The highest BCUT2D eigenvalue weighted by molar-refractivity contribution is 9.10. The molecular formula is C15H21BrN2O2. The second-order valence-electron chi connectivity index (χ2n) is 5.69. The minimum Gasteiger partial charge on any atom is -0.357 e. The monoisotopic (exact) mass is 340 g/mol. The first-order valence-corrected chi connectivity index (χ1v) is 8.03. The number of hydrogen-bond acceptors (Lipinski definition) is 4. The summed E-state index contributed by atoms with van der Waals surface area (Å²) >= 11 is 3.50. The third-order valence-corrected chi connectivity index (χ3v) is 5.28. The van der Waals surface area contributed by atoms with Crippen LogP contribution in [0.25, 0.3) is 0 Å². The smallest absolute Gasteiger partial charge is 0.168 e. The molecule has 1 aliphatic heterocycles. The Balaban J connectivity index is 1.66. The van der Waals surface area contributed by atoms with Gasteiger partial charge in [-0.3, -0.25) is 0 Å². The molecule has 1 spiro atoms. The van der Waals surface area contributed by atoms with Gasteiger partial charge in [-0.2, -0.15) is 0 Å². The van der Waals surface area contributed by atoms with Crippen LogP contribution in [0.4, 0.5) is 5.82 Å². The molecule has 1 saturated carbocycles. The standard InChI is InChI=1S/C15H21BrN2O2/c1-11-13(16)3-4-14(17-11)18(2)12-5-7-15(8-6-12)19-9-10-20-15/h3-4,12H,5-10H2,1-2H3. The van der Waals surface area contributed by atoms with E-state index in [1.165, 1.54) is 0 Å². The quantitative estimate of drug-likeness (QED) is 0.827. The Hall–Kier alpha value is -0.650. The second kappa shape index (κ2) is 5.62. The lowest BCUT2D eigenvalue weighted by Gasteiger charge is -2.39. The van der Waals surface area contributed by atoms with E-state index in [-0.39, 0.29) is 5.79 Å². The Kier molecular flexibility index (Phi) is 4.02. The van der Waals surface area contributed by atoms with Crippen LogP contribution in [-0.4, -0.2) is 37.1 Å². The predicted molar refractivity (Wildman–Crippen MR) is 82.0 cm³/mol. The molecule has 110 valence electrons. The van der Waals surface area contributed by atoms with Gasteiger partial charge in [0.15, 0.2) is 5.79 Å². The molecule has 2 fully saturated rings. The zero-order valence-corrected chi connectivity index (χ0v) is 13.6. The molecule has 5 heteroatoms. The molecule has 4 nitrogen and oxygen atoms in total. The molecule has 20 heavy (non-hydrogen) atoms. The van der Waals surface area contributed by atoms with E-state index in [4.69, 9.17) is 9.47 Å². The maximum Gasteiger partial charge on any atom is 0.168 e. The summed E-state index contributed by atoms with van der Waals surface area (Å²) in [6, 6.07) is 4.66. The van der Waals surface area contributed by atoms with E-state index in [1.807, 2.05) is 6.92 Å². The van der Waals surface area contributed by atoms with Crippen LogP contribution in [0.5, 0.6) is 0 Å². The van der Waals surface area contributed by atoms with Gasteiger partial charge >= 0.3 is 0 Å². The van der Waals surface area contributed by atoms with Crippen molar-refractivity contribution in [3.8, 4) is 0 Å². The zero-order valence-electron chi connectivity index (χ0n) is 12.1. The van der Waals surface area contributed by atoms with Gasteiger partial charge in [-0.05, 0) is 47.8 Å². The van der Waals surface area contributed by atoms with Gasteiger partial charge in [0.1, 0.15) is 5.82 Å². The first-order valence-electron chi connectivity index (χ1n) is 7.24. The van der Waals surface area contributed by atoms with Crippen molar-refractivity contribution in [1.82, 2.24) is 4.98 Å².